The number of piperazine rings is 1. The molecule has 1 aliphatic carbocycles. The molecule has 3 rings (SSSR count). The van der Waals surface area contributed by atoms with Gasteiger partial charge in [0.2, 0.25) is 11.8 Å². The number of rotatable bonds is 5. The SMILES string of the molecule is C[C@@H](C(=O)Nc1sccc1C(N)=O)N1CCN(C(=O)C2CC2)CC1. The van der Waals surface area contributed by atoms with Gasteiger partial charge in [-0.3, -0.25) is 19.3 Å². The second-order valence-corrected chi connectivity index (χ2v) is 7.24. The van der Waals surface area contributed by atoms with Crippen molar-refractivity contribution in [3.8, 4) is 0 Å². The molecule has 0 aromatic carbocycles. The van der Waals surface area contributed by atoms with Crippen molar-refractivity contribution in [3.05, 3.63) is 17.0 Å². The van der Waals surface area contributed by atoms with Gasteiger partial charge in [-0.25, -0.2) is 0 Å². The largest absolute Gasteiger partial charge is 0.366 e. The van der Waals surface area contributed by atoms with Crippen molar-refractivity contribution in [2.75, 3.05) is 31.5 Å². The summed E-state index contributed by atoms with van der Waals surface area (Å²) in [5.74, 6) is -0.215. The molecule has 3 N–H and O–H groups in total. The minimum absolute atomic E-state index is 0.165. The first-order chi connectivity index (χ1) is 11.5. The Balaban J connectivity index is 1.53. The van der Waals surface area contributed by atoms with Gasteiger partial charge in [-0.2, -0.15) is 0 Å². The summed E-state index contributed by atoms with van der Waals surface area (Å²) >= 11 is 1.28. The summed E-state index contributed by atoms with van der Waals surface area (Å²) in [6.07, 6.45) is 2.03. The van der Waals surface area contributed by atoms with E-state index in [2.05, 4.69) is 10.2 Å². The third-order valence-electron chi connectivity index (χ3n) is 4.65. The predicted molar refractivity (Wildman–Crippen MR) is 91.8 cm³/mol. The molecule has 1 aromatic rings. The summed E-state index contributed by atoms with van der Waals surface area (Å²) in [6.45, 7) is 4.53. The highest BCUT2D eigenvalue weighted by Gasteiger charge is 2.35. The molecule has 1 atom stereocenters. The van der Waals surface area contributed by atoms with Crippen LogP contribution in [-0.2, 0) is 9.59 Å². The van der Waals surface area contributed by atoms with Crippen LogP contribution in [-0.4, -0.2) is 59.7 Å². The number of hydrogen-bond donors (Lipinski definition) is 2. The standard InChI is InChI=1S/C16H22N4O3S/c1-10(14(22)18-15-12(13(17)21)4-9-24-15)19-5-7-20(8-6-19)16(23)11-2-3-11/h4,9-11H,2-3,5-8H2,1H3,(H2,17,21)(H,18,22)/t10-/m0/s1. The Bertz CT molecular complexity index is 648. The second kappa shape index (κ2) is 6.90. The molecule has 0 unspecified atom stereocenters. The zero-order valence-electron chi connectivity index (χ0n) is 13.7. The molecule has 2 fully saturated rings. The Morgan fingerprint density at radius 1 is 1.25 bits per heavy atom. The van der Waals surface area contributed by atoms with Crippen LogP contribution in [0.4, 0.5) is 5.00 Å². The molecule has 0 bridgehead atoms. The molecule has 1 saturated carbocycles. The van der Waals surface area contributed by atoms with E-state index in [4.69, 9.17) is 5.73 Å². The number of primary amides is 1. The summed E-state index contributed by atoms with van der Waals surface area (Å²) in [4.78, 5) is 39.8. The molecule has 1 saturated heterocycles. The maximum absolute atomic E-state index is 12.4. The van der Waals surface area contributed by atoms with Crippen molar-refractivity contribution in [1.29, 1.82) is 0 Å². The van der Waals surface area contributed by atoms with Crippen LogP contribution in [0.2, 0.25) is 0 Å². The minimum Gasteiger partial charge on any atom is -0.366 e. The van der Waals surface area contributed by atoms with Crippen LogP contribution in [0.15, 0.2) is 11.4 Å². The lowest BCUT2D eigenvalue weighted by molar-refractivity contribution is -0.135. The lowest BCUT2D eigenvalue weighted by atomic mass is 10.2. The van der Waals surface area contributed by atoms with E-state index in [1.54, 1.807) is 11.4 Å². The first-order valence-electron chi connectivity index (χ1n) is 8.18. The summed E-state index contributed by atoms with van der Waals surface area (Å²) < 4.78 is 0. The Labute approximate surface area is 144 Å². The summed E-state index contributed by atoms with van der Waals surface area (Å²) in [7, 11) is 0. The average Bonchev–Trinajstić information content (AvgIpc) is 3.32. The van der Waals surface area contributed by atoms with E-state index in [0.717, 1.165) is 12.8 Å². The number of carbonyl (C=O) groups excluding carboxylic acids is 3. The lowest BCUT2D eigenvalue weighted by Gasteiger charge is -2.37. The van der Waals surface area contributed by atoms with Gasteiger partial charge in [0, 0.05) is 32.1 Å². The molecule has 2 aliphatic rings. The van der Waals surface area contributed by atoms with Crippen molar-refractivity contribution in [3.63, 3.8) is 0 Å². The monoisotopic (exact) mass is 350 g/mol. The van der Waals surface area contributed by atoms with E-state index in [1.165, 1.54) is 11.3 Å². The number of nitrogens with two attached hydrogens (primary N) is 1. The fraction of sp³-hybridized carbons (Fsp3) is 0.562. The van der Waals surface area contributed by atoms with E-state index < -0.39 is 5.91 Å². The normalized spacial score (nSPS) is 19.8. The quantitative estimate of drug-likeness (QED) is 0.818. The molecule has 8 heteroatoms. The molecule has 1 aromatic heterocycles. The molecular formula is C16H22N4O3S. The predicted octanol–water partition coefficient (Wildman–Crippen LogP) is 0.728. The second-order valence-electron chi connectivity index (χ2n) is 6.33. The number of nitrogens with one attached hydrogen (secondary N) is 1. The number of thiophene rings is 1. The van der Waals surface area contributed by atoms with Gasteiger partial charge >= 0.3 is 0 Å². The van der Waals surface area contributed by atoms with Gasteiger partial charge < -0.3 is 16.0 Å². The van der Waals surface area contributed by atoms with Gasteiger partial charge in [0.05, 0.1) is 11.6 Å². The van der Waals surface area contributed by atoms with Gasteiger partial charge in [-0.05, 0) is 31.2 Å². The molecule has 1 aliphatic heterocycles. The van der Waals surface area contributed by atoms with Gasteiger partial charge in [0.25, 0.3) is 5.91 Å². The number of nitrogens with zero attached hydrogens (tertiary/aromatic N) is 2. The topological polar surface area (TPSA) is 95.7 Å². The van der Waals surface area contributed by atoms with Crippen LogP contribution < -0.4 is 11.1 Å². The van der Waals surface area contributed by atoms with E-state index in [-0.39, 0.29) is 23.8 Å². The highest BCUT2D eigenvalue weighted by atomic mass is 32.1. The average molecular weight is 350 g/mol. The van der Waals surface area contributed by atoms with Gasteiger partial charge in [-0.1, -0.05) is 0 Å². The highest BCUT2D eigenvalue weighted by Crippen LogP contribution is 2.31. The van der Waals surface area contributed by atoms with E-state index in [0.29, 0.717) is 36.7 Å². The van der Waals surface area contributed by atoms with Gasteiger partial charge in [0.1, 0.15) is 5.00 Å². The Morgan fingerprint density at radius 3 is 2.50 bits per heavy atom. The summed E-state index contributed by atoms with van der Waals surface area (Å²) in [5.41, 5.74) is 5.63. The van der Waals surface area contributed by atoms with Crippen molar-refractivity contribution < 1.29 is 14.4 Å². The zero-order chi connectivity index (χ0) is 17.3. The lowest BCUT2D eigenvalue weighted by Crippen LogP contribution is -2.54. The molecule has 7 nitrogen and oxygen atoms in total. The van der Waals surface area contributed by atoms with Gasteiger partial charge in [0.15, 0.2) is 0 Å². The van der Waals surface area contributed by atoms with Crippen molar-refractivity contribution in [1.82, 2.24) is 9.80 Å². The molecular weight excluding hydrogens is 328 g/mol. The van der Waals surface area contributed by atoms with Crippen LogP contribution in [0.25, 0.3) is 0 Å². The van der Waals surface area contributed by atoms with Crippen LogP contribution in [0.5, 0.6) is 0 Å². The molecule has 24 heavy (non-hydrogen) atoms. The summed E-state index contributed by atoms with van der Waals surface area (Å²) in [5, 5.41) is 5.00. The maximum atomic E-state index is 12.4. The minimum atomic E-state index is -0.550. The van der Waals surface area contributed by atoms with Crippen molar-refractivity contribution >= 4 is 34.1 Å². The first kappa shape index (κ1) is 16.9. The molecule has 0 spiro atoms. The van der Waals surface area contributed by atoms with Crippen molar-refractivity contribution in [2.24, 2.45) is 11.7 Å². The Kier molecular flexibility index (Phi) is 4.86. The van der Waals surface area contributed by atoms with Crippen LogP contribution in [0, 0.1) is 5.92 Å². The molecule has 2 heterocycles. The first-order valence-corrected chi connectivity index (χ1v) is 9.06. The third kappa shape index (κ3) is 3.59. The fourth-order valence-corrected chi connectivity index (χ4v) is 3.70. The van der Waals surface area contributed by atoms with Crippen molar-refractivity contribution in [2.45, 2.75) is 25.8 Å². The smallest absolute Gasteiger partial charge is 0.251 e. The molecule has 0 radical (unpaired) electrons. The third-order valence-corrected chi connectivity index (χ3v) is 5.48. The van der Waals surface area contributed by atoms with Crippen LogP contribution >= 0.6 is 11.3 Å². The summed E-state index contributed by atoms with van der Waals surface area (Å²) in [6, 6.07) is 1.28. The van der Waals surface area contributed by atoms with Crippen LogP contribution in [0.1, 0.15) is 30.1 Å². The number of amides is 3. The molecule has 3 amide bonds. The number of anilines is 1. The van der Waals surface area contributed by atoms with Crippen LogP contribution in [0.3, 0.4) is 0 Å². The van der Waals surface area contributed by atoms with E-state index >= 15 is 0 Å². The maximum Gasteiger partial charge on any atom is 0.251 e. The van der Waals surface area contributed by atoms with Gasteiger partial charge in [-0.15, -0.1) is 11.3 Å². The zero-order valence-corrected chi connectivity index (χ0v) is 14.5. The highest BCUT2D eigenvalue weighted by molar-refractivity contribution is 7.14. The molecule has 130 valence electrons. The fourth-order valence-electron chi connectivity index (χ4n) is 2.90. The van der Waals surface area contributed by atoms with E-state index in [9.17, 15) is 14.4 Å². The van der Waals surface area contributed by atoms with E-state index in [1.807, 2.05) is 11.8 Å². The Hall–Kier alpha value is -1.93. The Morgan fingerprint density at radius 2 is 1.92 bits per heavy atom. The number of hydrogen-bond acceptors (Lipinski definition) is 5. The number of carbonyl (C=O) groups is 3.